The van der Waals surface area contributed by atoms with E-state index in [-0.39, 0.29) is 42.3 Å². The van der Waals surface area contributed by atoms with Crippen molar-refractivity contribution in [1.82, 2.24) is 4.90 Å². The lowest BCUT2D eigenvalue weighted by Gasteiger charge is -2.56. The molecule has 0 unspecified atom stereocenters. The number of nitrogens with two attached hydrogens (primary N) is 1. The zero-order valence-corrected chi connectivity index (χ0v) is 16.5. The average Bonchev–Trinajstić information content (AvgIpc) is 3.15. The number of thiophene rings is 1. The van der Waals surface area contributed by atoms with Crippen LogP contribution in [0.25, 0.3) is 0 Å². The van der Waals surface area contributed by atoms with Gasteiger partial charge in [-0.05, 0) is 11.4 Å². The molecule has 0 saturated carbocycles. The predicted molar refractivity (Wildman–Crippen MR) is 101 cm³/mol. The molecule has 1 aromatic rings. The van der Waals surface area contributed by atoms with Gasteiger partial charge in [-0.1, -0.05) is 6.07 Å². The Balaban J connectivity index is 1.81. The minimum absolute atomic E-state index is 0.144. The molecule has 150 valence electrons. The number of carboxylic acid groups (broad SMARTS) is 1. The molecule has 0 spiro atoms. The first-order chi connectivity index (χ1) is 13.3. The maximum atomic E-state index is 12.9. The summed E-state index contributed by atoms with van der Waals surface area (Å²) in [6.07, 6.45) is -0.994. The van der Waals surface area contributed by atoms with Gasteiger partial charge < -0.3 is 20.3 Å². The molecule has 0 radical (unpaired) electrons. The van der Waals surface area contributed by atoms with E-state index in [4.69, 9.17) is 10.5 Å². The highest BCUT2D eigenvalue weighted by Gasteiger charge is 2.65. The first-order valence-corrected chi connectivity index (χ1v) is 10.1. The normalized spacial score (nSPS) is 23.8. The van der Waals surface area contributed by atoms with Gasteiger partial charge in [0.1, 0.15) is 23.5 Å². The molecule has 2 atom stereocenters. The molecule has 1 saturated heterocycles. The summed E-state index contributed by atoms with van der Waals surface area (Å²) >= 11 is 2.70. The Morgan fingerprint density at radius 1 is 1.43 bits per heavy atom. The van der Waals surface area contributed by atoms with Crippen molar-refractivity contribution in [2.75, 3.05) is 19.5 Å². The molecule has 3 N–H and O–H groups in total. The molecule has 2 aliphatic heterocycles. The summed E-state index contributed by atoms with van der Waals surface area (Å²) in [5, 5.41) is 10.8. The lowest BCUT2D eigenvalue weighted by Crippen LogP contribution is -2.75. The fourth-order valence-electron chi connectivity index (χ4n) is 3.31. The molecule has 2 amide bonds. The summed E-state index contributed by atoms with van der Waals surface area (Å²) in [6, 6.07) is 3.68. The lowest BCUT2D eigenvalue weighted by molar-refractivity contribution is -0.186. The minimum Gasteiger partial charge on any atom is -0.477 e. The maximum Gasteiger partial charge on any atom is 0.404 e. The molecule has 28 heavy (non-hydrogen) atoms. The van der Waals surface area contributed by atoms with E-state index in [0.29, 0.717) is 0 Å². The second kappa shape index (κ2) is 7.94. The third kappa shape index (κ3) is 3.52. The van der Waals surface area contributed by atoms with E-state index in [2.05, 4.69) is 4.74 Å². The molecule has 3 heterocycles. The van der Waals surface area contributed by atoms with Gasteiger partial charge in [0.25, 0.3) is 5.91 Å². The molecule has 1 fully saturated rings. The van der Waals surface area contributed by atoms with Crippen LogP contribution in [0, 0.1) is 0 Å². The van der Waals surface area contributed by atoms with Crippen LogP contribution in [0.2, 0.25) is 0 Å². The van der Waals surface area contributed by atoms with Crippen molar-refractivity contribution in [3.63, 3.8) is 0 Å². The van der Waals surface area contributed by atoms with Crippen LogP contribution < -0.4 is 5.73 Å². The smallest absolute Gasteiger partial charge is 0.404 e. The summed E-state index contributed by atoms with van der Waals surface area (Å²) in [4.78, 5) is 49.9. The summed E-state index contributed by atoms with van der Waals surface area (Å²) in [5.74, 6) is -1.88. The number of β-lactam (4-membered cyclic amide) rings is 1. The van der Waals surface area contributed by atoms with Gasteiger partial charge in [0.2, 0.25) is 0 Å². The van der Waals surface area contributed by atoms with Gasteiger partial charge in [-0.25, -0.2) is 9.59 Å². The third-order valence-corrected chi connectivity index (χ3v) is 6.87. The van der Waals surface area contributed by atoms with Crippen molar-refractivity contribution in [1.29, 1.82) is 0 Å². The summed E-state index contributed by atoms with van der Waals surface area (Å²) in [5.41, 5.74) is 3.53. The zero-order valence-electron chi connectivity index (χ0n) is 14.9. The molecule has 0 aromatic carbocycles. The number of ketones is 1. The van der Waals surface area contributed by atoms with Crippen LogP contribution in [-0.2, 0) is 30.3 Å². The van der Waals surface area contributed by atoms with E-state index in [1.54, 1.807) is 0 Å². The molecule has 1 aromatic heterocycles. The number of carboxylic acids is 1. The number of primary amides is 1. The highest BCUT2D eigenvalue weighted by molar-refractivity contribution is 8.00. The second-order valence-electron chi connectivity index (χ2n) is 6.27. The van der Waals surface area contributed by atoms with Gasteiger partial charge in [-0.2, -0.15) is 0 Å². The Bertz CT molecular complexity index is 852. The summed E-state index contributed by atoms with van der Waals surface area (Å²) < 4.78 is 10.1. The number of Topliss-reactive ketones (excluding diaryl/α,β-unsaturated/α-hetero) is 1. The fraction of sp³-hybridized carbons (Fsp3) is 0.412. The van der Waals surface area contributed by atoms with Crippen LogP contribution in [0.5, 0.6) is 0 Å². The SMILES string of the molecule is CO[C@@]1(CC(=O)Cc2cccs2)C(=O)N2C(C(=O)O)=C(COC(N)=O)CS[C@@H]21. The van der Waals surface area contributed by atoms with Crippen LogP contribution in [0.15, 0.2) is 28.8 Å². The quantitative estimate of drug-likeness (QED) is 0.587. The topological polar surface area (TPSA) is 136 Å². The average molecular weight is 426 g/mol. The Kier molecular flexibility index (Phi) is 5.77. The highest BCUT2D eigenvalue weighted by Crippen LogP contribution is 2.49. The lowest BCUT2D eigenvalue weighted by atomic mass is 9.84. The van der Waals surface area contributed by atoms with Crippen molar-refractivity contribution in [3.8, 4) is 0 Å². The standard InChI is InChI=1S/C17H18N2O7S2/c1-25-17(6-10(20)5-11-3-2-4-27-11)14(23)19-12(13(21)22)9(7-26-16(18)24)8-28-15(17)19/h2-4,15H,5-8H2,1H3,(H2,18,24)(H,21,22)/t15-,17+/m1/s1. The van der Waals surface area contributed by atoms with E-state index in [1.807, 2.05) is 17.5 Å². The third-order valence-electron chi connectivity index (χ3n) is 4.57. The van der Waals surface area contributed by atoms with Gasteiger partial charge in [-0.3, -0.25) is 14.5 Å². The van der Waals surface area contributed by atoms with E-state index in [0.717, 1.165) is 9.78 Å². The summed E-state index contributed by atoms with van der Waals surface area (Å²) in [6.45, 7) is -0.322. The molecular weight excluding hydrogens is 408 g/mol. The molecule has 9 nitrogen and oxygen atoms in total. The van der Waals surface area contributed by atoms with E-state index < -0.39 is 28.9 Å². The first kappa shape index (κ1) is 20.4. The first-order valence-electron chi connectivity index (χ1n) is 8.22. The van der Waals surface area contributed by atoms with Gasteiger partial charge in [0, 0.05) is 36.2 Å². The van der Waals surface area contributed by atoms with Gasteiger partial charge in [0.15, 0.2) is 5.60 Å². The number of ether oxygens (including phenoxy) is 2. The Hall–Kier alpha value is -2.37. The number of fused-ring (bicyclic) bond motifs is 1. The Labute approximate surface area is 168 Å². The number of rotatable bonds is 8. The number of methoxy groups -OCH3 is 1. The van der Waals surface area contributed by atoms with Crippen molar-refractivity contribution in [2.24, 2.45) is 5.73 Å². The number of thioether (sulfide) groups is 1. The van der Waals surface area contributed by atoms with E-state index in [9.17, 15) is 24.3 Å². The fourth-order valence-corrected chi connectivity index (χ4v) is 5.53. The van der Waals surface area contributed by atoms with Crippen molar-refractivity contribution in [3.05, 3.63) is 33.7 Å². The largest absolute Gasteiger partial charge is 0.477 e. The molecule has 11 heteroatoms. The predicted octanol–water partition coefficient (Wildman–Crippen LogP) is 0.984. The Morgan fingerprint density at radius 2 is 2.18 bits per heavy atom. The number of nitrogens with zero attached hydrogens (tertiary/aromatic N) is 1. The molecule has 2 aliphatic rings. The highest BCUT2D eigenvalue weighted by atomic mass is 32.2. The van der Waals surface area contributed by atoms with E-state index >= 15 is 0 Å². The van der Waals surface area contributed by atoms with Crippen molar-refractivity contribution < 1.29 is 33.8 Å². The van der Waals surface area contributed by atoms with Gasteiger partial charge in [0.05, 0.1) is 0 Å². The Morgan fingerprint density at radius 3 is 2.75 bits per heavy atom. The van der Waals surface area contributed by atoms with E-state index in [1.165, 1.54) is 30.2 Å². The minimum atomic E-state index is -1.41. The number of carbonyl (C=O) groups excluding carboxylic acids is 3. The molecule has 0 aliphatic carbocycles. The van der Waals surface area contributed by atoms with Crippen molar-refractivity contribution >= 4 is 46.9 Å². The number of amides is 2. The van der Waals surface area contributed by atoms with Crippen LogP contribution in [0.3, 0.4) is 0 Å². The van der Waals surface area contributed by atoms with Crippen LogP contribution >= 0.6 is 23.1 Å². The van der Waals surface area contributed by atoms with Gasteiger partial charge >= 0.3 is 12.1 Å². The summed E-state index contributed by atoms with van der Waals surface area (Å²) in [7, 11) is 1.34. The number of aliphatic carboxylic acids is 1. The van der Waals surface area contributed by atoms with Crippen LogP contribution in [0.1, 0.15) is 11.3 Å². The zero-order chi connectivity index (χ0) is 20.5. The second-order valence-corrected chi connectivity index (χ2v) is 8.37. The van der Waals surface area contributed by atoms with Crippen molar-refractivity contribution in [2.45, 2.75) is 23.8 Å². The van der Waals surface area contributed by atoms with Crippen LogP contribution in [-0.4, -0.2) is 64.2 Å². The number of hydrogen-bond acceptors (Lipinski definition) is 8. The molecule has 0 bridgehead atoms. The number of carbonyl (C=O) groups is 4. The molecule has 3 rings (SSSR count). The maximum absolute atomic E-state index is 12.9. The van der Waals surface area contributed by atoms with Gasteiger partial charge in [-0.15, -0.1) is 23.1 Å². The molecular formula is C17H18N2O7S2. The monoisotopic (exact) mass is 426 g/mol. The van der Waals surface area contributed by atoms with Crippen LogP contribution in [0.4, 0.5) is 4.79 Å². The number of hydrogen-bond donors (Lipinski definition) is 2.